The van der Waals surface area contributed by atoms with Gasteiger partial charge in [0.15, 0.2) is 0 Å². The molecular weight excluding hydrogens is 190 g/mol. The molecule has 0 aromatic rings. The van der Waals surface area contributed by atoms with Crippen LogP contribution < -0.4 is 0 Å². The minimum atomic E-state index is -0.146. The average molecular weight is 209 g/mol. The number of methoxy groups -OCH3 is 1. The lowest BCUT2D eigenvalue weighted by molar-refractivity contribution is -0.136. The van der Waals surface area contributed by atoms with Crippen LogP contribution in [0.5, 0.6) is 0 Å². The van der Waals surface area contributed by atoms with Crippen molar-refractivity contribution in [1.29, 1.82) is 0 Å². The van der Waals surface area contributed by atoms with Crippen molar-refractivity contribution in [3.63, 3.8) is 0 Å². The molecule has 1 heterocycles. The standard InChI is InChI=1S/C12H19NO2/c1-13-7-6-10(12(14)15-2)8-11(13)9-4-3-5-9/h8-9,11H,3-7H2,1-2H3. The van der Waals surface area contributed by atoms with E-state index in [0.717, 1.165) is 24.5 Å². The predicted octanol–water partition coefficient (Wildman–Crippen LogP) is 1.59. The topological polar surface area (TPSA) is 29.5 Å². The number of rotatable bonds is 2. The van der Waals surface area contributed by atoms with Crippen molar-refractivity contribution in [3.8, 4) is 0 Å². The number of likely N-dealkylation sites (N-methyl/N-ethyl adjacent to an activating group) is 1. The molecule has 0 spiro atoms. The van der Waals surface area contributed by atoms with Crippen molar-refractivity contribution in [1.82, 2.24) is 4.90 Å². The molecule has 1 fully saturated rings. The largest absolute Gasteiger partial charge is 0.466 e. The van der Waals surface area contributed by atoms with Gasteiger partial charge in [-0.25, -0.2) is 4.79 Å². The van der Waals surface area contributed by atoms with E-state index in [0.29, 0.717) is 6.04 Å². The van der Waals surface area contributed by atoms with Gasteiger partial charge >= 0.3 is 5.97 Å². The summed E-state index contributed by atoms with van der Waals surface area (Å²) in [5.74, 6) is 0.613. The van der Waals surface area contributed by atoms with E-state index in [1.807, 2.05) is 0 Å². The van der Waals surface area contributed by atoms with Gasteiger partial charge in [0.25, 0.3) is 0 Å². The summed E-state index contributed by atoms with van der Waals surface area (Å²) in [5, 5.41) is 0. The van der Waals surface area contributed by atoms with E-state index in [1.54, 1.807) is 0 Å². The van der Waals surface area contributed by atoms with Crippen LogP contribution in [0, 0.1) is 5.92 Å². The van der Waals surface area contributed by atoms with Crippen LogP contribution >= 0.6 is 0 Å². The fourth-order valence-corrected chi connectivity index (χ4v) is 2.44. The Morgan fingerprint density at radius 2 is 2.27 bits per heavy atom. The Labute approximate surface area is 91.1 Å². The molecule has 84 valence electrons. The van der Waals surface area contributed by atoms with E-state index in [-0.39, 0.29) is 5.97 Å². The highest BCUT2D eigenvalue weighted by Gasteiger charge is 2.32. The van der Waals surface area contributed by atoms with E-state index >= 15 is 0 Å². The van der Waals surface area contributed by atoms with E-state index in [1.165, 1.54) is 26.4 Å². The van der Waals surface area contributed by atoms with Crippen molar-refractivity contribution in [3.05, 3.63) is 11.6 Å². The molecule has 1 unspecified atom stereocenters. The molecule has 0 radical (unpaired) electrons. The highest BCUT2D eigenvalue weighted by atomic mass is 16.5. The Bertz CT molecular complexity index is 281. The van der Waals surface area contributed by atoms with Crippen molar-refractivity contribution in [2.75, 3.05) is 20.7 Å². The maximum absolute atomic E-state index is 11.4. The number of ether oxygens (including phenoxy) is 1. The molecule has 1 aliphatic heterocycles. The summed E-state index contributed by atoms with van der Waals surface area (Å²) < 4.78 is 4.78. The Hall–Kier alpha value is -0.830. The average Bonchev–Trinajstić information content (AvgIpc) is 2.17. The second-order valence-electron chi connectivity index (χ2n) is 4.60. The number of esters is 1. The summed E-state index contributed by atoms with van der Waals surface area (Å²) >= 11 is 0. The van der Waals surface area contributed by atoms with Gasteiger partial charge in [0.1, 0.15) is 0 Å². The first-order valence-corrected chi connectivity index (χ1v) is 5.71. The lowest BCUT2D eigenvalue weighted by Crippen LogP contribution is -2.43. The van der Waals surface area contributed by atoms with Gasteiger partial charge in [-0.15, -0.1) is 0 Å². The van der Waals surface area contributed by atoms with E-state index in [2.05, 4.69) is 18.0 Å². The molecule has 3 heteroatoms. The quantitative estimate of drug-likeness (QED) is 0.647. The first kappa shape index (κ1) is 10.7. The fraction of sp³-hybridized carbons (Fsp3) is 0.750. The summed E-state index contributed by atoms with van der Waals surface area (Å²) in [4.78, 5) is 13.8. The molecule has 0 aromatic carbocycles. The van der Waals surface area contributed by atoms with E-state index in [9.17, 15) is 4.79 Å². The van der Waals surface area contributed by atoms with Crippen molar-refractivity contribution < 1.29 is 9.53 Å². The van der Waals surface area contributed by atoms with Crippen LogP contribution in [0.3, 0.4) is 0 Å². The Morgan fingerprint density at radius 1 is 1.53 bits per heavy atom. The van der Waals surface area contributed by atoms with Crippen LogP contribution in [0.2, 0.25) is 0 Å². The molecule has 0 amide bonds. The SMILES string of the molecule is COC(=O)C1=CC(C2CCC2)N(C)CC1. The lowest BCUT2D eigenvalue weighted by Gasteiger charge is -2.40. The van der Waals surface area contributed by atoms with Gasteiger partial charge in [0.2, 0.25) is 0 Å². The second kappa shape index (κ2) is 4.35. The number of nitrogens with zero attached hydrogens (tertiary/aromatic N) is 1. The zero-order chi connectivity index (χ0) is 10.8. The van der Waals surface area contributed by atoms with Gasteiger partial charge in [-0.1, -0.05) is 12.5 Å². The molecule has 2 rings (SSSR count). The number of carbonyl (C=O) groups excluding carboxylic acids is 1. The van der Waals surface area contributed by atoms with Gasteiger partial charge in [-0.05, 0) is 32.2 Å². The molecule has 2 aliphatic rings. The molecule has 1 atom stereocenters. The number of carbonyl (C=O) groups is 1. The second-order valence-corrected chi connectivity index (χ2v) is 4.60. The van der Waals surface area contributed by atoms with E-state index < -0.39 is 0 Å². The zero-order valence-corrected chi connectivity index (χ0v) is 9.53. The van der Waals surface area contributed by atoms with Gasteiger partial charge in [-0.3, -0.25) is 4.90 Å². The Morgan fingerprint density at radius 3 is 2.80 bits per heavy atom. The Balaban J connectivity index is 2.09. The first-order chi connectivity index (χ1) is 7.22. The summed E-state index contributed by atoms with van der Waals surface area (Å²) in [5.41, 5.74) is 0.868. The number of hydrogen-bond donors (Lipinski definition) is 0. The summed E-state index contributed by atoms with van der Waals surface area (Å²) in [6.45, 7) is 0.974. The maximum Gasteiger partial charge on any atom is 0.333 e. The fourth-order valence-electron chi connectivity index (χ4n) is 2.44. The van der Waals surface area contributed by atoms with Crippen molar-refractivity contribution in [2.24, 2.45) is 5.92 Å². The van der Waals surface area contributed by atoms with Gasteiger partial charge < -0.3 is 4.74 Å². The third kappa shape index (κ3) is 2.07. The van der Waals surface area contributed by atoms with Gasteiger partial charge in [0, 0.05) is 18.2 Å². The van der Waals surface area contributed by atoms with Crippen LogP contribution in [0.1, 0.15) is 25.7 Å². The molecule has 0 bridgehead atoms. The molecule has 15 heavy (non-hydrogen) atoms. The molecule has 3 nitrogen and oxygen atoms in total. The highest BCUT2D eigenvalue weighted by molar-refractivity contribution is 5.88. The summed E-state index contributed by atoms with van der Waals surface area (Å²) in [6.07, 6.45) is 6.90. The Kier molecular flexibility index (Phi) is 3.10. The molecule has 1 aliphatic carbocycles. The molecule has 1 saturated carbocycles. The minimum Gasteiger partial charge on any atom is -0.466 e. The van der Waals surface area contributed by atoms with E-state index in [4.69, 9.17) is 4.74 Å². The van der Waals surface area contributed by atoms with Crippen LogP contribution in [0.4, 0.5) is 0 Å². The van der Waals surface area contributed by atoms with Crippen molar-refractivity contribution >= 4 is 5.97 Å². The smallest absolute Gasteiger partial charge is 0.333 e. The molecule has 0 saturated heterocycles. The normalized spacial score (nSPS) is 28.1. The molecular formula is C12H19NO2. The minimum absolute atomic E-state index is 0.146. The van der Waals surface area contributed by atoms with Crippen LogP contribution in [-0.2, 0) is 9.53 Å². The predicted molar refractivity (Wildman–Crippen MR) is 58.5 cm³/mol. The lowest BCUT2D eigenvalue weighted by atomic mass is 9.77. The zero-order valence-electron chi connectivity index (χ0n) is 9.53. The summed E-state index contributed by atoms with van der Waals surface area (Å²) in [6, 6.07) is 0.460. The van der Waals surface area contributed by atoms with Crippen molar-refractivity contribution in [2.45, 2.75) is 31.7 Å². The van der Waals surface area contributed by atoms with Gasteiger partial charge in [-0.2, -0.15) is 0 Å². The monoisotopic (exact) mass is 209 g/mol. The summed E-state index contributed by atoms with van der Waals surface area (Å²) in [7, 11) is 3.60. The third-order valence-electron chi connectivity index (χ3n) is 3.70. The maximum atomic E-state index is 11.4. The van der Waals surface area contributed by atoms with Crippen LogP contribution in [-0.4, -0.2) is 37.6 Å². The number of hydrogen-bond acceptors (Lipinski definition) is 3. The van der Waals surface area contributed by atoms with Crippen LogP contribution in [0.25, 0.3) is 0 Å². The van der Waals surface area contributed by atoms with Crippen LogP contribution in [0.15, 0.2) is 11.6 Å². The molecule has 0 N–H and O–H groups in total. The third-order valence-corrected chi connectivity index (χ3v) is 3.70. The highest BCUT2D eigenvalue weighted by Crippen LogP contribution is 2.34. The molecule has 0 aromatic heterocycles. The first-order valence-electron chi connectivity index (χ1n) is 5.71. The van der Waals surface area contributed by atoms with Gasteiger partial charge in [0.05, 0.1) is 7.11 Å².